The highest BCUT2D eigenvalue weighted by Gasteiger charge is 2.19. The molecule has 0 heterocycles. The smallest absolute Gasteiger partial charge is 0.327 e. The molecule has 3 heteroatoms. The van der Waals surface area contributed by atoms with Gasteiger partial charge in [0, 0.05) is 0 Å². The Morgan fingerprint density at radius 1 is 1.21 bits per heavy atom. The van der Waals surface area contributed by atoms with E-state index in [-0.39, 0.29) is 12.1 Å². The van der Waals surface area contributed by atoms with Gasteiger partial charge in [-0.25, -0.2) is 4.79 Å². The summed E-state index contributed by atoms with van der Waals surface area (Å²) in [6.07, 6.45) is 5.61. The predicted octanol–water partition coefficient (Wildman–Crippen LogP) is 3.59. The van der Waals surface area contributed by atoms with Crippen LogP contribution in [0.1, 0.15) is 57.6 Å². The molecule has 0 aliphatic heterocycles. The molecule has 1 aromatic carbocycles. The first-order valence-corrected chi connectivity index (χ1v) is 7.16. The molecule has 0 spiro atoms. The van der Waals surface area contributed by atoms with Crippen LogP contribution in [0.4, 0.5) is 0 Å². The fourth-order valence-corrected chi connectivity index (χ4v) is 1.99. The van der Waals surface area contributed by atoms with Crippen molar-refractivity contribution >= 4 is 5.97 Å². The molecular weight excluding hydrogens is 238 g/mol. The first-order chi connectivity index (χ1) is 9.15. The van der Waals surface area contributed by atoms with E-state index in [9.17, 15) is 4.79 Å². The normalized spacial score (nSPS) is 13.8. The Morgan fingerprint density at radius 2 is 1.89 bits per heavy atom. The average Bonchev–Trinajstić information content (AvgIpc) is 2.43. The van der Waals surface area contributed by atoms with Crippen molar-refractivity contribution in [3.8, 4) is 0 Å². The van der Waals surface area contributed by atoms with Crippen LogP contribution < -0.4 is 5.73 Å². The second-order valence-electron chi connectivity index (χ2n) is 4.99. The van der Waals surface area contributed by atoms with Gasteiger partial charge in [-0.1, -0.05) is 56.5 Å². The van der Waals surface area contributed by atoms with Crippen LogP contribution in [0.25, 0.3) is 0 Å². The summed E-state index contributed by atoms with van der Waals surface area (Å²) in [5.41, 5.74) is 6.69. The van der Waals surface area contributed by atoms with Gasteiger partial charge < -0.3 is 10.5 Å². The van der Waals surface area contributed by atoms with Gasteiger partial charge in [-0.05, 0) is 25.3 Å². The highest BCUT2D eigenvalue weighted by atomic mass is 16.5. The molecule has 0 fully saturated rings. The van der Waals surface area contributed by atoms with Gasteiger partial charge in [0.1, 0.15) is 6.04 Å². The molecule has 0 saturated carbocycles. The van der Waals surface area contributed by atoms with Gasteiger partial charge in [-0.2, -0.15) is 0 Å². The number of nitrogens with two attached hydrogens (primary N) is 1. The van der Waals surface area contributed by atoms with Crippen molar-refractivity contribution in [2.75, 3.05) is 0 Å². The van der Waals surface area contributed by atoms with Crippen molar-refractivity contribution in [1.29, 1.82) is 0 Å². The van der Waals surface area contributed by atoms with E-state index in [1.807, 2.05) is 37.3 Å². The third-order valence-corrected chi connectivity index (χ3v) is 3.19. The van der Waals surface area contributed by atoms with Crippen LogP contribution in [0.3, 0.4) is 0 Å². The lowest BCUT2D eigenvalue weighted by Gasteiger charge is -2.17. The quantitative estimate of drug-likeness (QED) is 0.576. The lowest BCUT2D eigenvalue weighted by molar-refractivity contribution is -0.150. The Labute approximate surface area is 116 Å². The number of benzene rings is 1. The summed E-state index contributed by atoms with van der Waals surface area (Å²) in [6.45, 7) is 4.11. The summed E-state index contributed by atoms with van der Waals surface area (Å²) in [7, 11) is 0. The zero-order valence-electron chi connectivity index (χ0n) is 12.0. The maximum Gasteiger partial charge on any atom is 0.327 e. The summed E-state index contributed by atoms with van der Waals surface area (Å²) < 4.78 is 5.38. The Hall–Kier alpha value is -1.35. The molecule has 0 aliphatic rings. The van der Waals surface area contributed by atoms with Crippen molar-refractivity contribution in [3.63, 3.8) is 0 Å². The molecule has 3 nitrogen and oxygen atoms in total. The Balaban J connectivity index is 2.33. The number of carbonyl (C=O) groups excluding carboxylic acids is 1. The standard InChI is InChI=1S/C16H25NO2/c1-3-4-5-7-10-13(2)19-16(18)15(17)14-11-8-6-9-12-14/h6,8-9,11-13,15H,3-5,7,10,17H2,1-2H3. The van der Waals surface area contributed by atoms with Crippen LogP contribution in [0.5, 0.6) is 0 Å². The highest BCUT2D eigenvalue weighted by molar-refractivity contribution is 5.77. The van der Waals surface area contributed by atoms with E-state index >= 15 is 0 Å². The number of hydrogen-bond donors (Lipinski definition) is 1. The number of rotatable bonds is 8. The van der Waals surface area contributed by atoms with Crippen LogP contribution in [0, 0.1) is 0 Å². The van der Waals surface area contributed by atoms with Crippen LogP contribution >= 0.6 is 0 Å². The zero-order chi connectivity index (χ0) is 14.1. The fraction of sp³-hybridized carbons (Fsp3) is 0.562. The zero-order valence-corrected chi connectivity index (χ0v) is 12.0. The molecule has 0 radical (unpaired) electrons. The first-order valence-electron chi connectivity index (χ1n) is 7.16. The van der Waals surface area contributed by atoms with Gasteiger partial charge in [-0.3, -0.25) is 0 Å². The minimum atomic E-state index is -0.681. The van der Waals surface area contributed by atoms with Gasteiger partial charge in [0.15, 0.2) is 0 Å². The average molecular weight is 263 g/mol. The number of carbonyl (C=O) groups is 1. The van der Waals surface area contributed by atoms with Crippen molar-refractivity contribution in [1.82, 2.24) is 0 Å². The molecule has 2 atom stereocenters. The van der Waals surface area contributed by atoms with Crippen LogP contribution in [-0.2, 0) is 9.53 Å². The van der Waals surface area contributed by atoms with Gasteiger partial charge in [-0.15, -0.1) is 0 Å². The third-order valence-electron chi connectivity index (χ3n) is 3.19. The van der Waals surface area contributed by atoms with E-state index in [1.165, 1.54) is 19.3 Å². The van der Waals surface area contributed by atoms with Crippen molar-refractivity contribution < 1.29 is 9.53 Å². The molecule has 1 rings (SSSR count). The summed E-state index contributed by atoms with van der Waals surface area (Å²) in [6, 6.07) is 8.65. The molecule has 0 bridgehead atoms. The largest absolute Gasteiger partial charge is 0.461 e. The molecule has 2 unspecified atom stereocenters. The summed E-state index contributed by atoms with van der Waals surface area (Å²) >= 11 is 0. The Bertz CT molecular complexity index is 364. The summed E-state index contributed by atoms with van der Waals surface area (Å²) in [4.78, 5) is 11.9. The maximum absolute atomic E-state index is 11.9. The number of esters is 1. The fourth-order valence-electron chi connectivity index (χ4n) is 1.99. The molecule has 1 aromatic rings. The first kappa shape index (κ1) is 15.7. The second kappa shape index (κ2) is 8.70. The van der Waals surface area contributed by atoms with Crippen LogP contribution in [0.2, 0.25) is 0 Å². The van der Waals surface area contributed by atoms with Crippen LogP contribution in [0.15, 0.2) is 30.3 Å². The topological polar surface area (TPSA) is 52.3 Å². The number of unbranched alkanes of at least 4 members (excludes halogenated alkanes) is 3. The monoisotopic (exact) mass is 263 g/mol. The van der Waals surface area contributed by atoms with E-state index in [2.05, 4.69) is 6.92 Å². The molecule has 19 heavy (non-hydrogen) atoms. The third kappa shape index (κ3) is 5.88. The van der Waals surface area contributed by atoms with E-state index in [0.717, 1.165) is 18.4 Å². The Kier molecular flexibility index (Phi) is 7.19. The highest BCUT2D eigenvalue weighted by Crippen LogP contribution is 2.14. The molecule has 106 valence electrons. The van der Waals surface area contributed by atoms with Gasteiger partial charge in [0.2, 0.25) is 0 Å². The van der Waals surface area contributed by atoms with E-state index in [0.29, 0.717) is 0 Å². The van der Waals surface area contributed by atoms with E-state index < -0.39 is 6.04 Å². The van der Waals surface area contributed by atoms with Gasteiger partial charge in [0.05, 0.1) is 6.10 Å². The van der Waals surface area contributed by atoms with Crippen LogP contribution in [-0.4, -0.2) is 12.1 Å². The molecular formula is C16H25NO2. The molecule has 0 aromatic heterocycles. The minimum Gasteiger partial charge on any atom is -0.461 e. The van der Waals surface area contributed by atoms with Crippen molar-refractivity contribution in [2.24, 2.45) is 5.73 Å². The predicted molar refractivity (Wildman–Crippen MR) is 77.7 cm³/mol. The minimum absolute atomic E-state index is 0.0564. The lowest BCUT2D eigenvalue weighted by atomic mass is 10.1. The molecule has 2 N–H and O–H groups in total. The summed E-state index contributed by atoms with van der Waals surface area (Å²) in [5, 5.41) is 0. The Morgan fingerprint density at radius 3 is 2.53 bits per heavy atom. The summed E-state index contributed by atoms with van der Waals surface area (Å²) in [5.74, 6) is -0.339. The number of hydrogen-bond acceptors (Lipinski definition) is 3. The number of ether oxygens (including phenoxy) is 1. The SMILES string of the molecule is CCCCCCC(C)OC(=O)C(N)c1ccccc1. The van der Waals surface area contributed by atoms with Crippen molar-refractivity contribution in [2.45, 2.75) is 58.1 Å². The van der Waals surface area contributed by atoms with Gasteiger partial charge >= 0.3 is 5.97 Å². The van der Waals surface area contributed by atoms with E-state index in [4.69, 9.17) is 10.5 Å². The van der Waals surface area contributed by atoms with E-state index in [1.54, 1.807) is 0 Å². The van der Waals surface area contributed by atoms with Gasteiger partial charge in [0.25, 0.3) is 0 Å². The molecule has 0 amide bonds. The second-order valence-corrected chi connectivity index (χ2v) is 4.99. The molecule has 0 saturated heterocycles. The lowest BCUT2D eigenvalue weighted by Crippen LogP contribution is -2.27. The molecule has 0 aliphatic carbocycles. The van der Waals surface area contributed by atoms with Crippen molar-refractivity contribution in [3.05, 3.63) is 35.9 Å². The maximum atomic E-state index is 11.9.